The molecule has 6 nitrogen and oxygen atoms in total. The standard InChI is InChI=1S/C70H92O6/c1-65(2,3)53-29-41-23-42-30-54(66(4,5)6)32-44(60(42)72)25-46-34-56(68(10,11)12)36-48(62(46)74-20)27-50-38-58(70(16,17)18)40-52(64(50)76-22)28-51-39-57(69(13,14)15)37-49(63(51)75-21)26-47-35-55(67(7,8)9)33-45(61(47)73-19)24-43(31-53)59(41)71/h29-40,71-72H,23-28H2,1-22H3. The fraction of sp³-hybridized carbons (Fsp3) is 0.486. The zero-order valence-corrected chi connectivity index (χ0v) is 50.7. The summed E-state index contributed by atoms with van der Waals surface area (Å²) in [6.07, 6.45) is 2.89. The first kappa shape index (κ1) is 57.8. The number of hydrogen-bond acceptors (Lipinski definition) is 6. The van der Waals surface area contributed by atoms with Gasteiger partial charge in [0.05, 0.1) is 28.4 Å². The molecule has 0 amide bonds. The number of phenols is 2. The van der Waals surface area contributed by atoms with Crippen LogP contribution in [0.1, 0.15) is 225 Å². The van der Waals surface area contributed by atoms with Crippen molar-refractivity contribution in [2.24, 2.45) is 0 Å². The van der Waals surface area contributed by atoms with E-state index >= 15 is 0 Å². The van der Waals surface area contributed by atoms with Crippen molar-refractivity contribution < 1.29 is 29.2 Å². The maximum absolute atomic E-state index is 12.7. The van der Waals surface area contributed by atoms with Crippen LogP contribution in [-0.2, 0) is 71.0 Å². The molecule has 1 aliphatic rings. The maximum Gasteiger partial charge on any atom is 0.125 e. The molecule has 2 N–H and O–H groups in total. The van der Waals surface area contributed by atoms with Crippen LogP contribution in [0.3, 0.4) is 0 Å². The van der Waals surface area contributed by atoms with E-state index in [1.165, 1.54) is 22.3 Å². The minimum Gasteiger partial charge on any atom is -0.507 e. The minimum absolute atomic E-state index is 0.172. The Morgan fingerprint density at radius 3 is 0.487 bits per heavy atom. The largest absolute Gasteiger partial charge is 0.507 e. The van der Waals surface area contributed by atoms with Gasteiger partial charge in [0.15, 0.2) is 0 Å². The molecule has 6 aromatic carbocycles. The third kappa shape index (κ3) is 12.3. The zero-order valence-electron chi connectivity index (χ0n) is 50.7. The summed E-state index contributed by atoms with van der Waals surface area (Å²) in [5.74, 6) is 3.76. The van der Waals surface area contributed by atoms with Crippen molar-refractivity contribution in [3.8, 4) is 34.5 Å². The highest BCUT2D eigenvalue weighted by molar-refractivity contribution is 5.61. The van der Waals surface area contributed by atoms with Crippen LogP contribution < -0.4 is 18.9 Å². The molecule has 0 saturated carbocycles. The third-order valence-corrected chi connectivity index (χ3v) is 15.8. The Morgan fingerprint density at radius 1 is 0.237 bits per heavy atom. The van der Waals surface area contributed by atoms with Crippen LogP contribution in [-0.4, -0.2) is 38.7 Å². The second-order valence-electron chi connectivity index (χ2n) is 28.2. The van der Waals surface area contributed by atoms with Gasteiger partial charge >= 0.3 is 0 Å². The van der Waals surface area contributed by atoms with Crippen LogP contribution in [0.5, 0.6) is 34.5 Å². The Hall–Kier alpha value is -5.88. The first-order valence-corrected chi connectivity index (χ1v) is 27.6. The van der Waals surface area contributed by atoms with Crippen LogP contribution in [0, 0.1) is 0 Å². The molecule has 0 radical (unpaired) electrons. The van der Waals surface area contributed by atoms with Gasteiger partial charge in [-0.15, -0.1) is 0 Å². The summed E-state index contributed by atoms with van der Waals surface area (Å²) in [6.45, 7) is 40.5. The lowest BCUT2D eigenvalue weighted by Gasteiger charge is -2.28. The lowest BCUT2D eigenvalue weighted by atomic mass is 9.79. The normalized spacial score (nSPS) is 14.0. The van der Waals surface area contributed by atoms with E-state index in [-0.39, 0.29) is 44.0 Å². The van der Waals surface area contributed by atoms with Crippen molar-refractivity contribution in [3.05, 3.63) is 173 Å². The fourth-order valence-corrected chi connectivity index (χ4v) is 11.0. The molecule has 0 aromatic heterocycles. The van der Waals surface area contributed by atoms with Gasteiger partial charge < -0.3 is 29.2 Å². The number of rotatable bonds is 4. The lowest BCUT2D eigenvalue weighted by molar-refractivity contribution is 0.396. The molecule has 0 saturated heterocycles. The average molecular weight is 1030 g/mol. The molecule has 6 heteroatoms. The number of aromatic hydroxyl groups is 2. The van der Waals surface area contributed by atoms with Crippen molar-refractivity contribution in [1.82, 2.24) is 0 Å². The highest BCUT2D eigenvalue weighted by Gasteiger charge is 2.30. The van der Waals surface area contributed by atoms with Crippen LogP contribution in [0.2, 0.25) is 0 Å². The predicted octanol–water partition coefficient (Wildman–Crippen LogP) is 16.8. The summed E-state index contributed by atoms with van der Waals surface area (Å²) >= 11 is 0. The number of fused-ring (bicyclic) bond motifs is 12. The number of ether oxygens (including phenoxy) is 4. The molecule has 0 aliphatic heterocycles. The molecule has 1 aliphatic carbocycles. The smallest absolute Gasteiger partial charge is 0.125 e. The van der Waals surface area contributed by atoms with Gasteiger partial charge in [-0.2, -0.15) is 0 Å². The SMILES string of the molecule is COc1c2cc(C(C)(C)C)cc1Cc1cc(C(C)(C)C)cc(c1OC)Cc1cc(C(C)(C)C)cc(c1OC)Cc1cc(C(C)(C)C)cc(c1OC)Cc1cc(C(C)(C)C)cc(c1O)Cc1cc(C(C)(C)C)cc(c1O)C2. The van der Waals surface area contributed by atoms with Crippen LogP contribution in [0.25, 0.3) is 0 Å². The van der Waals surface area contributed by atoms with Gasteiger partial charge in [0.1, 0.15) is 34.5 Å². The van der Waals surface area contributed by atoms with Crippen molar-refractivity contribution in [2.45, 2.75) is 196 Å². The molecule has 0 unspecified atom stereocenters. The third-order valence-electron chi connectivity index (χ3n) is 15.8. The molecule has 76 heavy (non-hydrogen) atoms. The molecule has 0 atom stereocenters. The van der Waals surface area contributed by atoms with Gasteiger partial charge in [0.25, 0.3) is 0 Å². The first-order chi connectivity index (χ1) is 35.0. The van der Waals surface area contributed by atoms with E-state index in [2.05, 4.69) is 197 Å². The van der Waals surface area contributed by atoms with E-state index in [1.54, 1.807) is 28.4 Å². The summed E-state index contributed by atoms with van der Waals surface area (Å²) in [5.41, 5.74) is 17.4. The van der Waals surface area contributed by atoms with E-state index in [0.29, 0.717) is 38.5 Å². The zero-order chi connectivity index (χ0) is 56.4. The molecule has 0 spiro atoms. The molecular weight excluding hydrogens is 937 g/mol. The summed E-state index contributed by atoms with van der Waals surface area (Å²) < 4.78 is 26.2. The van der Waals surface area contributed by atoms with Gasteiger partial charge in [-0.1, -0.05) is 197 Å². The summed E-state index contributed by atoms with van der Waals surface area (Å²) in [6, 6.07) is 27.1. The highest BCUT2D eigenvalue weighted by Crippen LogP contribution is 2.45. The molecule has 6 aromatic rings. The molecule has 0 heterocycles. The lowest BCUT2D eigenvalue weighted by Crippen LogP contribution is -2.16. The molecule has 7 rings (SSSR count). The van der Waals surface area contributed by atoms with Crippen molar-refractivity contribution in [2.75, 3.05) is 28.4 Å². The summed E-state index contributed by atoms with van der Waals surface area (Å²) in [4.78, 5) is 0. The van der Waals surface area contributed by atoms with Crippen molar-refractivity contribution >= 4 is 0 Å². The topological polar surface area (TPSA) is 77.4 Å². The quantitative estimate of drug-likeness (QED) is 0.183. The van der Waals surface area contributed by atoms with E-state index in [1.807, 2.05) is 0 Å². The predicted molar refractivity (Wildman–Crippen MR) is 317 cm³/mol. The van der Waals surface area contributed by atoms with E-state index in [9.17, 15) is 10.2 Å². The van der Waals surface area contributed by atoms with Crippen molar-refractivity contribution in [1.29, 1.82) is 0 Å². The molecule has 408 valence electrons. The average Bonchev–Trinajstić information content (AvgIpc) is 3.29. The van der Waals surface area contributed by atoms with Crippen molar-refractivity contribution in [3.63, 3.8) is 0 Å². The highest BCUT2D eigenvalue weighted by atomic mass is 16.5. The monoisotopic (exact) mass is 1030 g/mol. The minimum atomic E-state index is -0.236. The molecule has 12 bridgehead atoms. The van der Waals surface area contributed by atoms with Gasteiger partial charge in [-0.05, 0) is 133 Å². The second-order valence-corrected chi connectivity index (χ2v) is 28.2. The Labute approximate surface area is 458 Å². The van der Waals surface area contributed by atoms with E-state index in [0.717, 1.165) is 101 Å². The Balaban J connectivity index is 1.63. The molecule has 0 fully saturated rings. The van der Waals surface area contributed by atoms with E-state index < -0.39 is 0 Å². The first-order valence-electron chi connectivity index (χ1n) is 27.6. The molecular formula is C70H92O6. The summed E-state index contributed by atoms with van der Waals surface area (Å²) in [5, 5.41) is 25.4. The van der Waals surface area contributed by atoms with Gasteiger partial charge in [0, 0.05) is 38.5 Å². The number of hydrogen-bond donors (Lipinski definition) is 2. The summed E-state index contributed by atoms with van der Waals surface area (Å²) in [7, 11) is 7.13. The van der Waals surface area contributed by atoms with Crippen LogP contribution in [0.4, 0.5) is 0 Å². The number of benzene rings is 6. The Bertz CT molecular complexity index is 2930. The number of methoxy groups -OCH3 is 4. The Kier molecular flexibility index (Phi) is 15.8. The van der Waals surface area contributed by atoms with Gasteiger partial charge in [-0.3, -0.25) is 0 Å². The number of phenolic OH excluding ortho intramolecular Hbond substituents is 2. The van der Waals surface area contributed by atoms with Crippen LogP contribution in [0.15, 0.2) is 72.8 Å². The fourth-order valence-electron chi connectivity index (χ4n) is 11.0. The maximum atomic E-state index is 12.7. The Morgan fingerprint density at radius 2 is 0.355 bits per heavy atom. The van der Waals surface area contributed by atoms with Gasteiger partial charge in [0.2, 0.25) is 0 Å². The second kappa shape index (κ2) is 20.8. The van der Waals surface area contributed by atoms with Gasteiger partial charge in [-0.25, -0.2) is 0 Å². The van der Waals surface area contributed by atoms with E-state index in [4.69, 9.17) is 18.9 Å². The van der Waals surface area contributed by atoms with Crippen LogP contribution >= 0.6 is 0 Å².